The highest BCUT2D eigenvalue weighted by atomic mass is 35.5. The summed E-state index contributed by atoms with van der Waals surface area (Å²) in [5, 5.41) is 3.39. The van der Waals surface area contributed by atoms with Crippen LogP contribution in [-0.2, 0) is 13.0 Å². The van der Waals surface area contributed by atoms with Crippen molar-refractivity contribution >= 4 is 11.6 Å². The fourth-order valence-electron chi connectivity index (χ4n) is 2.07. The van der Waals surface area contributed by atoms with E-state index in [0.717, 1.165) is 25.1 Å². The van der Waals surface area contributed by atoms with Crippen LogP contribution in [0.3, 0.4) is 0 Å². The smallest absolute Gasteiger partial charge is 0.142 e. The van der Waals surface area contributed by atoms with Crippen LogP contribution in [0.5, 0.6) is 5.75 Å². The van der Waals surface area contributed by atoms with Crippen LogP contribution in [0.25, 0.3) is 0 Å². The molecule has 2 aromatic carbocycles. The van der Waals surface area contributed by atoms with Gasteiger partial charge in [-0.25, -0.2) is 4.39 Å². The molecule has 2 nitrogen and oxygen atoms in total. The molecule has 112 valence electrons. The molecule has 4 heteroatoms. The molecule has 0 bridgehead atoms. The second-order valence-corrected chi connectivity index (χ2v) is 5.14. The molecule has 0 fully saturated rings. The van der Waals surface area contributed by atoms with Gasteiger partial charge in [0.05, 0.1) is 5.02 Å². The minimum Gasteiger partial charge on any atom is -0.489 e. The molecule has 0 aliphatic rings. The maximum atomic E-state index is 13.1. The number of ether oxygens (including phenoxy) is 1. The van der Waals surface area contributed by atoms with Crippen molar-refractivity contribution in [2.45, 2.75) is 20.0 Å². The Morgan fingerprint density at radius 2 is 1.90 bits per heavy atom. The quantitative estimate of drug-likeness (QED) is 0.774. The summed E-state index contributed by atoms with van der Waals surface area (Å²) < 4.78 is 18.8. The van der Waals surface area contributed by atoms with E-state index in [1.165, 1.54) is 17.7 Å². The van der Waals surface area contributed by atoms with Gasteiger partial charge in [0.15, 0.2) is 0 Å². The summed E-state index contributed by atoms with van der Waals surface area (Å²) in [6.45, 7) is 4.44. The molecule has 0 amide bonds. The van der Waals surface area contributed by atoms with Crippen LogP contribution in [-0.4, -0.2) is 13.1 Å². The predicted molar refractivity (Wildman–Crippen MR) is 84.4 cm³/mol. The first-order chi connectivity index (χ1) is 10.2. The second kappa shape index (κ2) is 8.01. The third kappa shape index (κ3) is 4.73. The van der Waals surface area contributed by atoms with E-state index in [2.05, 4.69) is 18.3 Å². The van der Waals surface area contributed by atoms with E-state index in [0.29, 0.717) is 12.4 Å². The highest BCUT2D eigenvalue weighted by molar-refractivity contribution is 6.30. The number of hydrogen-bond donors (Lipinski definition) is 1. The minimum absolute atomic E-state index is 0.0768. The molecule has 0 heterocycles. The molecule has 0 radical (unpaired) electrons. The molecule has 1 N–H and O–H groups in total. The number of rotatable bonds is 7. The number of benzene rings is 2. The summed E-state index contributed by atoms with van der Waals surface area (Å²) in [5.41, 5.74) is 2.39. The zero-order valence-corrected chi connectivity index (χ0v) is 12.8. The number of nitrogens with one attached hydrogen (secondary N) is 1. The normalized spacial score (nSPS) is 10.6. The number of hydrogen-bond acceptors (Lipinski definition) is 2. The van der Waals surface area contributed by atoms with Crippen LogP contribution in [0.15, 0.2) is 42.5 Å². The van der Waals surface area contributed by atoms with E-state index >= 15 is 0 Å². The highest BCUT2D eigenvalue weighted by Crippen LogP contribution is 2.22. The molecule has 0 aliphatic carbocycles. The van der Waals surface area contributed by atoms with Crippen molar-refractivity contribution in [3.05, 3.63) is 64.4 Å². The molecule has 0 unspecified atom stereocenters. The molecule has 0 atom stereocenters. The lowest BCUT2D eigenvalue weighted by Gasteiger charge is -2.11. The van der Waals surface area contributed by atoms with Crippen LogP contribution in [0.2, 0.25) is 5.02 Å². The fourth-order valence-corrected chi connectivity index (χ4v) is 2.24. The molecule has 2 rings (SSSR count). The summed E-state index contributed by atoms with van der Waals surface area (Å²) in [4.78, 5) is 0. The van der Waals surface area contributed by atoms with Crippen LogP contribution in [0, 0.1) is 5.82 Å². The topological polar surface area (TPSA) is 21.3 Å². The second-order valence-electron chi connectivity index (χ2n) is 4.74. The summed E-state index contributed by atoms with van der Waals surface area (Å²) in [5.74, 6) is 0.137. The summed E-state index contributed by atoms with van der Waals surface area (Å²) in [7, 11) is 0. The van der Waals surface area contributed by atoms with Gasteiger partial charge in [-0.05, 0) is 42.8 Å². The first-order valence-corrected chi connectivity index (χ1v) is 7.44. The van der Waals surface area contributed by atoms with Crippen LogP contribution in [0.1, 0.15) is 18.1 Å². The van der Waals surface area contributed by atoms with Crippen molar-refractivity contribution in [2.75, 3.05) is 13.1 Å². The molecular formula is C17H19ClFNO. The Morgan fingerprint density at radius 3 is 2.62 bits per heavy atom. The standard InChI is InChI=1S/C17H19ClFNO/c1-2-20-10-9-13-5-3-4-6-14(13)12-21-15-7-8-17(19)16(18)11-15/h3-8,11,20H,2,9-10,12H2,1H3. The molecule has 0 saturated carbocycles. The van der Waals surface area contributed by atoms with E-state index < -0.39 is 5.82 Å². The van der Waals surface area contributed by atoms with Crippen molar-refractivity contribution in [3.63, 3.8) is 0 Å². The lowest BCUT2D eigenvalue weighted by Crippen LogP contribution is -2.17. The summed E-state index contributed by atoms with van der Waals surface area (Å²) >= 11 is 5.75. The Hall–Kier alpha value is -1.58. The fraction of sp³-hybridized carbons (Fsp3) is 0.294. The lowest BCUT2D eigenvalue weighted by atomic mass is 10.1. The van der Waals surface area contributed by atoms with Gasteiger partial charge < -0.3 is 10.1 Å². The Labute approximate surface area is 129 Å². The third-order valence-corrected chi connectivity index (χ3v) is 3.51. The van der Waals surface area contributed by atoms with Crippen molar-refractivity contribution in [1.29, 1.82) is 0 Å². The van der Waals surface area contributed by atoms with E-state index in [1.54, 1.807) is 6.07 Å². The Kier molecular flexibility index (Phi) is 6.03. The molecular weight excluding hydrogens is 289 g/mol. The number of halogens is 2. The monoisotopic (exact) mass is 307 g/mol. The van der Waals surface area contributed by atoms with Crippen molar-refractivity contribution < 1.29 is 9.13 Å². The molecule has 2 aromatic rings. The zero-order chi connectivity index (χ0) is 15.1. The van der Waals surface area contributed by atoms with Gasteiger partial charge in [-0.3, -0.25) is 0 Å². The highest BCUT2D eigenvalue weighted by Gasteiger charge is 2.05. The van der Waals surface area contributed by atoms with Gasteiger partial charge in [-0.15, -0.1) is 0 Å². The van der Waals surface area contributed by atoms with Crippen LogP contribution >= 0.6 is 11.6 Å². The average molecular weight is 308 g/mol. The van der Waals surface area contributed by atoms with E-state index in [1.807, 2.05) is 18.2 Å². The van der Waals surface area contributed by atoms with Crippen LogP contribution < -0.4 is 10.1 Å². The Balaban J connectivity index is 2.00. The van der Waals surface area contributed by atoms with E-state index in [4.69, 9.17) is 16.3 Å². The summed E-state index contributed by atoms with van der Waals surface area (Å²) in [6.07, 6.45) is 0.956. The maximum absolute atomic E-state index is 13.1. The first-order valence-electron chi connectivity index (χ1n) is 7.06. The van der Waals surface area contributed by atoms with Crippen LogP contribution in [0.4, 0.5) is 4.39 Å². The number of likely N-dealkylation sites (N-methyl/N-ethyl adjacent to an activating group) is 1. The molecule has 0 spiro atoms. The molecule has 0 aromatic heterocycles. The van der Waals surface area contributed by atoms with Gasteiger partial charge in [0.2, 0.25) is 0 Å². The third-order valence-electron chi connectivity index (χ3n) is 3.22. The van der Waals surface area contributed by atoms with Crippen molar-refractivity contribution in [1.82, 2.24) is 5.32 Å². The van der Waals surface area contributed by atoms with E-state index in [-0.39, 0.29) is 5.02 Å². The Bertz CT molecular complexity index is 589. The lowest BCUT2D eigenvalue weighted by molar-refractivity contribution is 0.304. The summed E-state index contributed by atoms with van der Waals surface area (Å²) in [6, 6.07) is 12.6. The van der Waals surface area contributed by atoms with Gasteiger partial charge in [0.25, 0.3) is 0 Å². The zero-order valence-electron chi connectivity index (χ0n) is 12.0. The van der Waals surface area contributed by atoms with Gasteiger partial charge in [-0.1, -0.05) is 42.8 Å². The molecule has 21 heavy (non-hydrogen) atoms. The largest absolute Gasteiger partial charge is 0.489 e. The average Bonchev–Trinajstić information content (AvgIpc) is 2.50. The van der Waals surface area contributed by atoms with Gasteiger partial charge in [0.1, 0.15) is 18.2 Å². The SMILES string of the molecule is CCNCCc1ccccc1COc1ccc(F)c(Cl)c1. The van der Waals surface area contributed by atoms with Gasteiger partial charge >= 0.3 is 0 Å². The minimum atomic E-state index is -0.435. The van der Waals surface area contributed by atoms with Crippen molar-refractivity contribution in [2.24, 2.45) is 0 Å². The van der Waals surface area contributed by atoms with Gasteiger partial charge in [-0.2, -0.15) is 0 Å². The van der Waals surface area contributed by atoms with E-state index in [9.17, 15) is 4.39 Å². The van der Waals surface area contributed by atoms with Gasteiger partial charge in [0, 0.05) is 6.07 Å². The molecule has 0 aliphatic heterocycles. The van der Waals surface area contributed by atoms with Crippen molar-refractivity contribution in [3.8, 4) is 5.75 Å². The first kappa shape index (κ1) is 15.8. The Morgan fingerprint density at radius 1 is 1.14 bits per heavy atom. The maximum Gasteiger partial charge on any atom is 0.142 e. The predicted octanol–water partition coefficient (Wildman–Crippen LogP) is 4.21. The molecule has 0 saturated heterocycles.